The molecule has 3 aromatic rings. The summed E-state index contributed by atoms with van der Waals surface area (Å²) in [5.74, 6) is -0.271. The second-order valence-electron chi connectivity index (χ2n) is 6.69. The Morgan fingerprint density at radius 1 is 0.931 bits per heavy atom. The van der Waals surface area contributed by atoms with Gasteiger partial charge in [-0.15, -0.1) is 0 Å². The number of carbonyl (C=O) groups excluding carboxylic acids is 1. The van der Waals surface area contributed by atoms with Crippen LogP contribution in [0.25, 0.3) is 11.1 Å². The van der Waals surface area contributed by atoms with Gasteiger partial charge in [0.05, 0.1) is 12.1 Å². The molecule has 0 bridgehead atoms. The Bertz CT molecular complexity index is 971. The molecule has 0 spiro atoms. The summed E-state index contributed by atoms with van der Waals surface area (Å²) in [5, 5.41) is 5.85. The molecule has 2 N–H and O–H groups in total. The van der Waals surface area contributed by atoms with Crippen LogP contribution in [0.5, 0.6) is 0 Å². The van der Waals surface area contributed by atoms with Crippen molar-refractivity contribution in [2.75, 3.05) is 11.9 Å². The van der Waals surface area contributed by atoms with Crippen molar-refractivity contribution in [1.82, 2.24) is 5.32 Å². The lowest BCUT2D eigenvalue weighted by Crippen LogP contribution is -2.30. The molecule has 0 aromatic heterocycles. The van der Waals surface area contributed by atoms with Crippen LogP contribution < -0.4 is 10.6 Å². The van der Waals surface area contributed by atoms with Gasteiger partial charge in [0.1, 0.15) is 0 Å². The Balaban J connectivity index is 1.64. The van der Waals surface area contributed by atoms with Gasteiger partial charge in [0.15, 0.2) is 0 Å². The molecule has 29 heavy (non-hydrogen) atoms. The quantitative estimate of drug-likeness (QED) is 0.562. The van der Waals surface area contributed by atoms with Crippen LogP contribution in [0.3, 0.4) is 0 Å². The molecule has 0 aliphatic rings. The highest BCUT2D eigenvalue weighted by atomic mass is 19.4. The lowest BCUT2D eigenvalue weighted by molar-refractivity contribution is -0.137. The summed E-state index contributed by atoms with van der Waals surface area (Å²) in [7, 11) is 0. The normalized spacial score (nSPS) is 12.4. The summed E-state index contributed by atoms with van der Waals surface area (Å²) in [6.07, 6.45) is -4.39. The molecular formula is C23H21F3N2O. The fourth-order valence-corrected chi connectivity index (χ4v) is 3.00. The van der Waals surface area contributed by atoms with Crippen LogP contribution in [0.1, 0.15) is 24.1 Å². The van der Waals surface area contributed by atoms with Crippen molar-refractivity contribution in [2.45, 2.75) is 19.1 Å². The number of carbonyl (C=O) groups is 1. The summed E-state index contributed by atoms with van der Waals surface area (Å²) in [6, 6.07) is 21.8. The van der Waals surface area contributed by atoms with E-state index in [2.05, 4.69) is 10.6 Å². The van der Waals surface area contributed by atoms with Crippen molar-refractivity contribution in [1.29, 1.82) is 0 Å². The fourth-order valence-electron chi connectivity index (χ4n) is 3.00. The highest BCUT2D eigenvalue weighted by molar-refractivity contribution is 5.96. The van der Waals surface area contributed by atoms with E-state index in [1.165, 1.54) is 6.07 Å². The van der Waals surface area contributed by atoms with Gasteiger partial charge >= 0.3 is 6.18 Å². The average molecular weight is 398 g/mol. The van der Waals surface area contributed by atoms with Crippen LogP contribution in [0.4, 0.5) is 18.9 Å². The fraction of sp³-hybridized carbons (Fsp3) is 0.174. The molecule has 3 rings (SSSR count). The second kappa shape index (κ2) is 8.92. The van der Waals surface area contributed by atoms with Gasteiger partial charge in [0.2, 0.25) is 5.91 Å². The largest absolute Gasteiger partial charge is 0.416 e. The molecule has 3 nitrogen and oxygen atoms in total. The number of rotatable bonds is 6. The molecule has 0 aliphatic heterocycles. The van der Waals surface area contributed by atoms with Gasteiger partial charge in [-0.1, -0.05) is 60.7 Å². The Morgan fingerprint density at radius 2 is 1.62 bits per heavy atom. The number of benzene rings is 3. The number of alkyl halides is 3. The molecule has 0 heterocycles. The minimum Gasteiger partial charge on any atom is -0.324 e. The molecule has 6 heteroatoms. The molecule has 3 aromatic carbocycles. The van der Waals surface area contributed by atoms with E-state index in [0.717, 1.165) is 23.3 Å². The lowest BCUT2D eigenvalue weighted by Gasteiger charge is -2.17. The maximum atomic E-state index is 12.9. The van der Waals surface area contributed by atoms with E-state index < -0.39 is 17.8 Å². The maximum absolute atomic E-state index is 12.9. The molecule has 0 saturated carbocycles. The van der Waals surface area contributed by atoms with E-state index in [1.807, 2.05) is 54.6 Å². The first kappa shape index (κ1) is 20.6. The summed E-state index contributed by atoms with van der Waals surface area (Å²) < 4.78 is 38.6. The number of hydrogen-bond acceptors (Lipinski definition) is 2. The van der Waals surface area contributed by atoms with E-state index in [1.54, 1.807) is 13.0 Å². The van der Waals surface area contributed by atoms with E-state index in [0.29, 0.717) is 11.3 Å². The Labute approximate surface area is 167 Å². The van der Waals surface area contributed by atoms with E-state index in [4.69, 9.17) is 0 Å². The van der Waals surface area contributed by atoms with E-state index in [-0.39, 0.29) is 12.5 Å². The van der Waals surface area contributed by atoms with Crippen LogP contribution in [0.2, 0.25) is 0 Å². The first-order valence-corrected chi connectivity index (χ1v) is 9.19. The van der Waals surface area contributed by atoms with Gasteiger partial charge in [0, 0.05) is 17.3 Å². The smallest absolute Gasteiger partial charge is 0.324 e. The first-order valence-electron chi connectivity index (χ1n) is 9.19. The predicted octanol–water partition coefficient (Wildman–Crippen LogP) is 5.66. The molecule has 0 unspecified atom stereocenters. The zero-order valence-corrected chi connectivity index (χ0v) is 15.8. The lowest BCUT2D eigenvalue weighted by atomic mass is 10.0. The minimum absolute atomic E-state index is 0.0272. The summed E-state index contributed by atoms with van der Waals surface area (Å²) in [4.78, 5) is 12.4. The maximum Gasteiger partial charge on any atom is 0.416 e. The van der Waals surface area contributed by atoms with Gasteiger partial charge in [-0.25, -0.2) is 0 Å². The van der Waals surface area contributed by atoms with Crippen LogP contribution in [0, 0.1) is 0 Å². The number of halogens is 3. The van der Waals surface area contributed by atoms with Gasteiger partial charge < -0.3 is 10.6 Å². The van der Waals surface area contributed by atoms with Crippen molar-refractivity contribution in [2.24, 2.45) is 0 Å². The standard InChI is InChI=1S/C23H21F3N2O/c1-16(18-10-7-11-19(14-18)23(24,25)26)27-15-22(29)28-21-13-6-5-12-20(21)17-8-3-2-4-9-17/h2-14,16,27H,15H2,1H3,(H,28,29)/t16-/m1/s1. The van der Waals surface area contributed by atoms with Crippen LogP contribution in [-0.4, -0.2) is 12.5 Å². The second-order valence-corrected chi connectivity index (χ2v) is 6.69. The van der Waals surface area contributed by atoms with Gasteiger partial charge in [0.25, 0.3) is 0 Å². The number of amides is 1. The van der Waals surface area contributed by atoms with Gasteiger partial charge in [-0.05, 0) is 36.2 Å². The minimum atomic E-state index is -4.39. The van der Waals surface area contributed by atoms with Crippen LogP contribution >= 0.6 is 0 Å². The number of para-hydroxylation sites is 1. The molecule has 0 saturated heterocycles. The van der Waals surface area contributed by atoms with Gasteiger partial charge in [-0.2, -0.15) is 13.2 Å². The zero-order valence-electron chi connectivity index (χ0n) is 15.8. The van der Waals surface area contributed by atoms with Crippen LogP contribution in [0.15, 0.2) is 78.9 Å². The van der Waals surface area contributed by atoms with E-state index >= 15 is 0 Å². The van der Waals surface area contributed by atoms with Crippen molar-refractivity contribution in [3.63, 3.8) is 0 Å². The summed E-state index contributed by atoms with van der Waals surface area (Å²) in [6.45, 7) is 1.70. The Kier molecular flexibility index (Phi) is 6.34. The Morgan fingerprint density at radius 3 is 2.34 bits per heavy atom. The van der Waals surface area contributed by atoms with Crippen molar-refractivity contribution >= 4 is 11.6 Å². The molecule has 0 aliphatic carbocycles. The zero-order chi connectivity index (χ0) is 20.9. The number of anilines is 1. The molecule has 0 radical (unpaired) electrons. The summed E-state index contributed by atoms with van der Waals surface area (Å²) in [5.41, 5.74) is 2.32. The molecule has 1 atom stereocenters. The van der Waals surface area contributed by atoms with E-state index in [9.17, 15) is 18.0 Å². The molecule has 1 amide bonds. The van der Waals surface area contributed by atoms with Crippen molar-refractivity contribution < 1.29 is 18.0 Å². The van der Waals surface area contributed by atoms with Gasteiger partial charge in [-0.3, -0.25) is 4.79 Å². The average Bonchev–Trinajstić information content (AvgIpc) is 2.72. The van der Waals surface area contributed by atoms with Crippen molar-refractivity contribution in [3.05, 3.63) is 90.0 Å². The molecule has 0 fully saturated rings. The number of hydrogen-bond donors (Lipinski definition) is 2. The first-order chi connectivity index (χ1) is 13.8. The van der Waals surface area contributed by atoms with Crippen LogP contribution in [-0.2, 0) is 11.0 Å². The third-order valence-electron chi connectivity index (χ3n) is 4.57. The highest BCUT2D eigenvalue weighted by Crippen LogP contribution is 2.31. The topological polar surface area (TPSA) is 41.1 Å². The third-order valence-corrected chi connectivity index (χ3v) is 4.57. The molecular weight excluding hydrogens is 377 g/mol. The third kappa shape index (κ3) is 5.45. The highest BCUT2D eigenvalue weighted by Gasteiger charge is 2.30. The van der Waals surface area contributed by atoms with Crippen molar-refractivity contribution in [3.8, 4) is 11.1 Å². The SMILES string of the molecule is C[C@@H](NCC(=O)Nc1ccccc1-c1ccccc1)c1cccc(C(F)(F)F)c1. The monoisotopic (exact) mass is 398 g/mol. The predicted molar refractivity (Wildman–Crippen MR) is 108 cm³/mol. The number of nitrogens with one attached hydrogen (secondary N) is 2. The summed E-state index contributed by atoms with van der Waals surface area (Å²) >= 11 is 0. The Hall–Kier alpha value is -3.12. The molecule has 150 valence electrons.